The molecule has 1 fully saturated rings. The number of urea groups is 1. The molecule has 134 valence electrons. The van der Waals surface area contributed by atoms with Crippen molar-refractivity contribution in [3.05, 3.63) is 47.6 Å². The Morgan fingerprint density at radius 2 is 2.20 bits per heavy atom. The van der Waals surface area contributed by atoms with E-state index in [4.69, 9.17) is 4.52 Å². The molecule has 1 aliphatic rings. The summed E-state index contributed by atoms with van der Waals surface area (Å²) >= 11 is 0. The van der Waals surface area contributed by atoms with E-state index >= 15 is 0 Å². The minimum absolute atomic E-state index is 0.153. The van der Waals surface area contributed by atoms with Gasteiger partial charge in [-0.1, -0.05) is 42.4 Å². The van der Waals surface area contributed by atoms with Crippen LogP contribution in [0.2, 0.25) is 0 Å². The van der Waals surface area contributed by atoms with Gasteiger partial charge in [0.2, 0.25) is 5.89 Å². The SMILES string of the molecule is CCc1noc(CNC(=O)NC2CCN(C(C)c3ccccc3)C2)n1. The lowest BCUT2D eigenvalue weighted by Crippen LogP contribution is -2.43. The van der Waals surface area contributed by atoms with Crippen LogP contribution >= 0.6 is 0 Å². The average Bonchev–Trinajstić information content (AvgIpc) is 3.29. The van der Waals surface area contributed by atoms with E-state index in [1.807, 2.05) is 13.0 Å². The first-order valence-corrected chi connectivity index (χ1v) is 8.80. The van der Waals surface area contributed by atoms with Crippen LogP contribution < -0.4 is 10.6 Å². The van der Waals surface area contributed by atoms with Crippen LogP contribution in [0.25, 0.3) is 0 Å². The summed E-state index contributed by atoms with van der Waals surface area (Å²) in [6.45, 7) is 6.24. The van der Waals surface area contributed by atoms with Crippen LogP contribution in [0.4, 0.5) is 4.79 Å². The van der Waals surface area contributed by atoms with Crippen LogP contribution in [-0.2, 0) is 13.0 Å². The molecule has 1 aromatic heterocycles. The van der Waals surface area contributed by atoms with Crippen molar-refractivity contribution in [3.8, 4) is 0 Å². The van der Waals surface area contributed by atoms with Crippen molar-refractivity contribution in [2.24, 2.45) is 0 Å². The number of nitrogens with zero attached hydrogens (tertiary/aromatic N) is 3. The Labute approximate surface area is 147 Å². The number of carbonyl (C=O) groups is 1. The molecule has 2 atom stereocenters. The zero-order valence-electron chi connectivity index (χ0n) is 14.7. The monoisotopic (exact) mass is 343 g/mol. The van der Waals surface area contributed by atoms with Gasteiger partial charge in [0.1, 0.15) is 0 Å². The molecule has 0 bridgehead atoms. The summed E-state index contributed by atoms with van der Waals surface area (Å²) in [5, 5.41) is 9.61. The Bertz CT molecular complexity index is 688. The number of rotatable bonds is 6. The smallest absolute Gasteiger partial charge is 0.315 e. The topological polar surface area (TPSA) is 83.3 Å². The lowest BCUT2D eigenvalue weighted by molar-refractivity contribution is 0.230. The molecule has 2 amide bonds. The molecule has 2 unspecified atom stereocenters. The highest BCUT2D eigenvalue weighted by Crippen LogP contribution is 2.24. The minimum atomic E-state index is -0.199. The van der Waals surface area contributed by atoms with Crippen LogP contribution in [0.5, 0.6) is 0 Å². The fourth-order valence-corrected chi connectivity index (χ4v) is 3.10. The second-order valence-electron chi connectivity index (χ2n) is 6.35. The van der Waals surface area contributed by atoms with Gasteiger partial charge in [0.15, 0.2) is 5.82 Å². The average molecular weight is 343 g/mol. The maximum atomic E-state index is 12.1. The molecule has 0 spiro atoms. The van der Waals surface area contributed by atoms with E-state index in [1.54, 1.807) is 0 Å². The Morgan fingerprint density at radius 1 is 1.40 bits per heavy atom. The molecule has 0 radical (unpaired) electrons. The molecule has 1 aromatic carbocycles. The van der Waals surface area contributed by atoms with Gasteiger partial charge in [0.25, 0.3) is 0 Å². The van der Waals surface area contributed by atoms with Crippen molar-refractivity contribution in [3.63, 3.8) is 0 Å². The number of nitrogens with one attached hydrogen (secondary N) is 2. The number of likely N-dealkylation sites (tertiary alicyclic amines) is 1. The van der Waals surface area contributed by atoms with Gasteiger partial charge in [-0.3, -0.25) is 4.90 Å². The molecular weight excluding hydrogens is 318 g/mol. The van der Waals surface area contributed by atoms with Crippen LogP contribution in [0.15, 0.2) is 34.9 Å². The first-order chi connectivity index (χ1) is 12.2. The van der Waals surface area contributed by atoms with Crippen LogP contribution in [0.3, 0.4) is 0 Å². The van der Waals surface area contributed by atoms with Gasteiger partial charge in [-0.15, -0.1) is 0 Å². The Hall–Kier alpha value is -2.41. The summed E-state index contributed by atoms with van der Waals surface area (Å²) < 4.78 is 5.06. The maximum Gasteiger partial charge on any atom is 0.315 e. The molecule has 25 heavy (non-hydrogen) atoms. The van der Waals surface area contributed by atoms with Crippen molar-refractivity contribution < 1.29 is 9.32 Å². The van der Waals surface area contributed by atoms with Crippen molar-refractivity contribution in [2.45, 2.75) is 45.3 Å². The summed E-state index contributed by atoms with van der Waals surface area (Å²) in [5.41, 5.74) is 1.30. The maximum absolute atomic E-state index is 12.1. The molecule has 2 N–H and O–H groups in total. The van der Waals surface area contributed by atoms with Crippen molar-refractivity contribution in [2.75, 3.05) is 13.1 Å². The van der Waals surface area contributed by atoms with Crippen molar-refractivity contribution in [1.29, 1.82) is 0 Å². The van der Waals surface area contributed by atoms with Gasteiger partial charge in [0, 0.05) is 31.6 Å². The summed E-state index contributed by atoms with van der Waals surface area (Å²) in [5.74, 6) is 1.08. The van der Waals surface area contributed by atoms with E-state index in [2.05, 4.69) is 56.9 Å². The Balaban J connectivity index is 1.43. The standard InChI is InChI=1S/C18H25N5O2/c1-3-16-21-17(25-22-16)11-19-18(24)20-15-9-10-23(12-15)13(2)14-7-5-4-6-8-14/h4-8,13,15H,3,9-12H2,1-2H3,(H2,19,20,24). The van der Waals surface area contributed by atoms with Gasteiger partial charge >= 0.3 is 6.03 Å². The first-order valence-electron chi connectivity index (χ1n) is 8.80. The first kappa shape index (κ1) is 17.4. The van der Waals surface area contributed by atoms with Crippen LogP contribution in [-0.4, -0.2) is 40.2 Å². The molecule has 1 aliphatic heterocycles. The molecular formula is C18H25N5O2. The van der Waals surface area contributed by atoms with Gasteiger partial charge < -0.3 is 15.2 Å². The molecule has 7 nitrogen and oxygen atoms in total. The van der Waals surface area contributed by atoms with Gasteiger partial charge in [-0.05, 0) is 18.9 Å². The van der Waals surface area contributed by atoms with Gasteiger partial charge in [-0.25, -0.2) is 4.79 Å². The quantitative estimate of drug-likeness (QED) is 0.841. The molecule has 3 rings (SSSR count). The second-order valence-corrected chi connectivity index (χ2v) is 6.35. The molecule has 7 heteroatoms. The van der Waals surface area contributed by atoms with Crippen LogP contribution in [0.1, 0.15) is 43.6 Å². The normalized spacial score (nSPS) is 18.9. The fraction of sp³-hybridized carbons (Fsp3) is 0.500. The highest BCUT2D eigenvalue weighted by atomic mass is 16.5. The van der Waals surface area contributed by atoms with Crippen molar-refractivity contribution in [1.82, 2.24) is 25.7 Å². The predicted octanol–water partition coefficient (Wildman–Crippen LogP) is 2.27. The zero-order valence-corrected chi connectivity index (χ0v) is 14.7. The third-order valence-electron chi connectivity index (χ3n) is 4.61. The van der Waals surface area contributed by atoms with Gasteiger partial charge in [0.05, 0.1) is 6.54 Å². The van der Waals surface area contributed by atoms with E-state index in [-0.39, 0.29) is 18.6 Å². The van der Waals surface area contributed by atoms with Crippen LogP contribution in [0, 0.1) is 0 Å². The molecule has 2 heterocycles. The van der Waals surface area contributed by atoms with E-state index in [1.165, 1.54) is 5.56 Å². The van der Waals surface area contributed by atoms with Gasteiger partial charge in [-0.2, -0.15) is 4.98 Å². The third-order valence-corrected chi connectivity index (χ3v) is 4.61. The van der Waals surface area contributed by atoms with E-state index < -0.39 is 0 Å². The summed E-state index contributed by atoms with van der Waals surface area (Å²) in [7, 11) is 0. The number of hydrogen-bond donors (Lipinski definition) is 2. The molecule has 2 aromatic rings. The molecule has 0 saturated carbocycles. The number of aromatic nitrogens is 2. The molecule has 0 aliphatic carbocycles. The number of carbonyl (C=O) groups excluding carboxylic acids is 1. The number of aryl methyl sites for hydroxylation is 1. The summed E-state index contributed by atoms with van der Waals surface area (Å²) in [6, 6.07) is 10.7. The Morgan fingerprint density at radius 3 is 2.92 bits per heavy atom. The fourth-order valence-electron chi connectivity index (χ4n) is 3.10. The van der Waals surface area contributed by atoms with E-state index in [0.717, 1.165) is 19.5 Å². The summed E-state index contributed by atoms with van der Waals surface area (Å²) in [4.78, 5) is 18.6. The highest BCUT2D eigenvalue weighted by Gasteiger charge is 2.27. The summed E-state index contributed by atoms with van der Waals surface area (Å²) in [6.07, 6.45) is 1.67. The molecule has 1 saturated heterocycles. The zero-order chi connectivity index (χ0) is 17.6. The lowest BCUT2D eigenvalue weighted by Gasteiger charge is -2.24. The lowest BCUT2D eigenvalue weighted by atomic mass is 10.1. The third kappa shape index (κ3) is 4.57. The minimum Gasteiger partial charge on any atom is -0.337 e. The second kappa shape index (κ2) is 8.11. The van der Waals surface area contributed by atoms with Crippen molar-refractivity contribution >= 4 is 6.03 Å². The number of amides is 2. The highest BCUT2D eigenvalue weighted by molar-refractivity contribution is 5.74. The number of benzene rings is 1. The predicted molar refractivity (Wildman–Crippen MR) is 93.9 cm³/mol. The largest absolute Gasteiger partial charge is 0.337 e. The van der Waals surface area contributed by atoms with E-state index in [0.29, 0.717) is 24.2 Å². The Kier molecular flexibility index (Phi) is 5.65. The van der Waals surface area contributed by atoms with E-state index in [9.17, 15) is 4.79 Å². The number of hydrogen-bond acceptors (Lipinski definition) is 5.